The van der Waals surface area contributed by atoms with Gasteiger partial charge >= 0.3 is 6.09 Å². The monoisotopic (exact) mass is 444 g/mol. The summed E-state index contributed by atoms with van der Waals surface area (Å²) in [6.45, 7) is 17.9. The maximum Gasteiger partial charge on any atom is 0.412 e. The molecule has 1 fully saturated rings. The Hall–Kier alpha value is -1.84. The highest BCUT2D eigenvalue weighted by atomic mass is 28.4. The molecule has 0 aromatic carbocycles. The lowest BCUT2D eigenvalue weighted by molar-refractivity contribution is 0.0636. The molecular formula is C25H40N2O3Si. The standard InChI is InChI=1S/C25H40N2O3Si/c1-24(2,3)30-23(28)27-22-15-16-26-21(17-22)14-13-19-9-11-20(12-10-19)18-29-31(7,8)25(4,5)6/h15-17,19-20H,9-12,18H2,1-8H3,(H,26,27,28)/t19-,20-. The van der Waals surface area contributed by atoms with Crippen LogP contribution in [0.15, 0.2) is 18.3 Å². The molecule has 0 radical (unpaired) electrons. The number of hydrogen-bond donors (Lipinski definition) is 1. The first-order valence-electron chi connectivity index (χ1n) is 11.4. The van der Waals surface area contributed by atoms with Gasteiger partial charge in [0.15, 0.2) is 8.32 Å². The van der Waals surface area contributed by atoms with Crippen LogP contribution in [0.4, 0.5) is 10.5 Å². The van der Waals surface area contributed by atoms with Crippen molar-refractivity contribution in [2.45, 2.75) is 91.0 Å². The molecular weight excluding hydrogens is 404 g/mol. The van der Waals surface area contributed by atoms with Gasteiger partial charge in [-0.15, -0.1) is 0 Å². The fourth-order valence-corrected chi connectivity index (χ4v) is 4.28. The normalized spacial score (nSPS) is 19.9. The average Bonchev–Trinajstić information content (AvgIpc) is 2.63. The number of nitrogens with zero attached hydrogens (tertiary/aromatic N) is 1. The maximum atomic E-state index is 11.9. The molecule has 0 unspecified atom stereocenters. The number of carbonyl (C=O) groups excluding carboxylic acids is 1. The summed E-state index contributed by atoms with van der Waals surface area (Å²) in [6, 6.07) is 3.53. The van der Waals surface area contributed by atoms with E-state index in [1.54, 1.807) is 18.3 Å². The summed E-state index contributed by atoms with van der Waals surface area (Å²) in [5, 5.41) is 3.00. The lowest BCUT2D eigenvalue weighted by Crippen LogP contribution is -2.42. The van der Waals surface area contributed by atoms with Gasteiger partial charge in [0, 0.05) is 24.4 Å². The van der Waals surface area contributed by atoms with Gasteiger partial charge in [-0.3, -0.25) is 5.32 Å². The van der Waals surface area contributed by atoms with Gasteiger partial charge in [0.25, 0.3) is 0 Å². The lowest BCUT2D eigenvalue weighted by atomic mass is 9.83. The summed E-state index contributed by atoms with van der Waals surface area (Å²) in [5.41, 5.74) is 0.769. The van der Waals surface area contributed by atoms with Crippen molar-refractivity contribution in [3.8, 4) is 11.8 Å². The fourth-order valence-electron chi connectivity index (χ4n) is 3.19. The number of carbonyl (C=O) groups is 1. The van der Waals surface area contributed by atoms with E-state index in [1.165, 1.54) is 12.8 Å². The lowest BCUT2D eigenvalue weighted by Gasteiger charge is -2.38. The van der Waals surface area contributed by atoms with Gasteiger partial charge in [-0.1, -0.05) is 26.7 Å². The molecule has 1 N–H and O–H groups in total. The molecule has 2 rings (SSSR count). The molecule has 5 nitrogen and oxygen atoms in total. The molecule has 1 aliphatic rings. The van der Waals surface area contributed by atoms with Crippen LogP contribution in [0.3, 0.4) is 0 Å². The van der Waals surface area contributed by atoms with Crippen molar-refractivity contribution in [3.05, 3.63) is 24.0 Å². The van der Waals surface area contributed by atoms with E-state index in [0.717, 1.165) is 19.4 Å². The van der Waals surface area contributed by atoms with Gasteiger partial charge in [-0.05, 0) is 88.6 Å². The van der Waals surface area contributed by atoms with Crippen LogP contribution in [-0.2, 0) is 9.16 Å². The first-order valence-corrected chi connectivity index (χ1v) is 14.3. The van der Waals surface area contributed by atoms with Gasteiger partial charge in [0.05, 0.1) is 0 Å². The predicted octanol–water partition coefficient (Wildman–Crippen LogP) is 6.61. The van der Waals surface area contributed by atoms with E-state index < -0.39 is 20.0 Å². The molecule has 1 saturated carbocycles. The van der Waals surface area contributed by atoms with Crippen molar-refractivity contribution in [1.82, 2.24) is 4.98 Å². The van der Waals surface area contributed by atoms with Crippen LogP contribution in [0.5, 0.6) is 0 Å². The number of nitrogens with one attached hydrogen (secondary N) is 1. The maximum absolute atomic E-state index is 11.9. The second-order valence-corrected chi connectivity index (χ2v) is 15.9. The predicted molar refractivity (Wildman–Crippen MR) is 130 cm³/mol. The molecule has 1 aromatic heterocycles. The highest BCUT2D eigenvalue weighted by molar-refractivity contribution is 6.74. The molecule has 0 atom stereocenters. The Morgan fingerprint density at radius 2 is 1.81 bits per heavy atom. The third-order valence-corrected chi connectivity index (χ3v) is 10.6. The smallest absolute Gasteiger partial charge is 0.412 e. The zero-order valence-electron chi connectivity index (χ0n) is 20.6. The molecule has 0 aliphatic heterocycles. The molecule has 6 heteroatoms. The molecule has 1 amide bonds. The number of anilines is 1. The minimum Gasteiger partial charge on any atom is -0.444 e. The summed E-state index contributed by atoms with van der Waals surface area (Å²) in [4.78, 5) is 16.3. The minimum atomic E-state index is -1.67. The van der Waals surface area contributed by atoms with Gasteiger partial charge in [-0.25, -0.2) is 9.78 Å². The van der Waals surface area contributed by atoms with Crippen LogP contribution in [0, 0.1) is 23.7 Å². The molecule has 1 heterocycles. The topological polar surface area (TPSA) is 60.5 Å². The third-order valence-electron chi connectivity index (χ3n) is 6.14. The molecule has 0 bridgehead atoms. The summed E-state index contributed by atoms with van der Waals surface area (Å²) in [7, 11) is -1.67. The molecule has 0 saturated heterocycles. The number of ether oxygens (including phenoxy) is 1. The number of aromatic nitrogens is 1. The van der Waals surface area contributed by atoms with E-state index in [4.69, 9.17) is 9.16 Å². The van der Waals surface area contributed by atoms with Gasteiger partial charge in [-0.2, -0.15) is 0 Å². The van der Waals surface area contributed by atoms with Crippen LogP contribution in [0.1, 0.15) is 72.9 Å². The second kappa shape index (κ2) is 10.2. The third kappa shape index (κ3) is 8.66. The Morgan fingerprint density at radius 3 is 2.39 bits per heavy atom. The first-order chi connectivity index (χ1) is 14.2. The summed E-state index contributed by atoms with van der Waals surface area (Å²) < 4.78 is 11.7. The van der Waals surface area contributed by atoms with E-state index in [-0.39, 0.29) is 5.04 Å². The van der Waals surface area contributed by atoms with Crippen molar-refractivity contribution in [3.63, 3.8) is 0 Å². The highest BCUT2D eigenvalue weighted by Gasteiger charge is 2.37. The van der Waals surface area contributed by atoms with Crippen molar-refractivity contribution < 1.29 is 14.0 Å². The second-order valence-electron chi connectivity index (χ2n) is 11.1. The van der Waals surface area contributed by atoms with Crippen molar-refractivity contribution >= 4 is 20.1 Å². The summed E-state index contributed by atoms with van der Waals surface area (Å²) >= 11 is 0. The van der Waals surface area contributed by atoms with E-state index >= 15 is 0 Å². The van der Waals surface area contributed by atoms with E-state index in [2.05, 4.69) is 56.0 Å². The van der Waals surface area contributed by atoms with Crippen LogP contribution >= 0.6 is 0 Å². The Kier molecular flexibility index (Phi) is 8.35. The minimum absolute atomic E-state index is 0.259. The van der Waals surface area contributed by atoms with Crippen LogP contribution in [-0.4, -0.2) is 31.6 Å². The first kappa shape index (κ1) is 25.4. The number of rotatable bonds is 4. The molecule has 172 valence electrons. The quantitative estimate of drug-likeness (QED) is 0.419. The van der Waals surface area contributed by atoms with Crippen LogP contribution in [0.25, 0.3) is 0 Å². The Labute approximate surface area is 189 Å². The summed E-state index contributed by atoms with van der Waals surface area (Å²) in [6.07, 6.45) is 5.73. The van der Waals surface area contributed by atoms with Gasteiger partial charge in [0.1, 0.15) is 11.3 Å². The van der Waals surface area contributed by atoms with Gasteiger partial charge < -0.3 is 9.16 Å². The molecule has 1 aromatic rings. The zero-order valence-corrected chi connectivity index (χ0v) is 21.6. The van der Waals surface area contributed by atoms with Crippen molar-refractivity contribution in [1.29, 1.82) is 0 Å². The SMILES string of the molecule is CC(C)(C)OC(=O)Nc1ccnc(C#C[C@H]2CC[C@H](CO[Si](C)(C)C(C)(C)C)CC2)c1. The summed E-state index contributed by atoms with van der Waals surface area (Å²) in [5.74, 6) is 7.62. The molecule has 0 spiro atoms. The highest BCUT2D eigenvalue weighted by Crippen LogP contribution is 2.38. The Morgan fingerprint density at radius 1 is 1.16 bits per heavy atom. The Balaban J connectivity index is 1.85. The number of hydrogen-bond acceptors (Lipinski definition) is 4. The van der Waals surface area contributed by atoms with Crippen LogP contribution < -0.4 is 5.32 Å². The molecule has 1 aliphatic carbocycles. The Bertz CT molecular complexity index is 805. The van der Waals surface area contributed by atoms with Crippen LogP contribution in [0.2, 0.25) is 18.1 Å². The number of amides is 1. The largest absolute Gasteiger partial charge is 0.444 e. The fraction of sp³-hybridized carbons (Fsp3) is 0.680. The zero-order chi connectivity index (χ0) is 23.3. The van der Waals surface area contributed by atoms with E-state index in [0.29, 0.717) is 23.2 Å². The average molecular weight is 445 g/mol. The van der Waals surface area contributed by atoms with E-state index in [9.17, 15) is 4.79 Å². The van der Waals surface area contributed by atoms with E-state index in [1.807, 2.05) is 20.8 Å². The number of pyridine rings is 1. The van der Waals surface area contributed by atoms with Gasteiger partial charge in [0.2, 0.25) is 0 Å². The van der Waals surface area contributed by atoms with Crippen molar-refractivity contribution in [2.24, 2.45) is 11.8 Å². The molecule has 31 heavy (non-hydrogen) atoms. The van der Waals surface area contributed by atoms with Crippen molar-refractivity contribution in [2.75, 3.05) is 11.9 Å².